The molecule has 16 heavy (non-hydrogen) atoms. The summed E-state index contributed by atoms with van der Waals surface area (Å²) in [5.74, 6) is -0.129. The Morgan fingerprint density at radius 1 is 0.938 bits per heavy atom. The number of hydrogen-bond donors (Lipinski definition) is 1. The number of nitrogens with one attached hydrogen (secondary N) is 2. The molecule has 0 aliphatic carbocycles. The van der Waals surface area contributed by atoms with Gasteiger partial charge in [0.05, 0.1) is 0 Å². The minimum absolute atomic E-state index is 0. The molecule has 0 aromatic heterocycles. The van der Waals surface area contributed by atoms with Crippen LogP contribution in [0.25, 0.3) is 5.73 Å². The Labute approximate surface area is 126 Å². The van der Waals surface area contributed by atoms with Crippen molar-refractivity contribution in [2.24, 2.45) is 0 Å². The number of amidine groups is 1. The van der Waals surface area contributed by atoms with Crippen LogP contribution in [-0.4, -0.2) is 5.84 Å². The molecule has 2 nitrogen and oxygen atoms in total. The van der Waals surface area contributed by atoms with E-state index in [4.69, 9.17) is 11.1 Å². The Morgan fingerprint density at radius 3 is 1.69 bits per heavy atom. The van der Waals surface area contributed by atoms with Crippen molar-refractivity contribution in [3.05, 3.63) is 78.0 Å². The first-order chi connectivity index (χ1) is 7.30. The topological polar surface area (TPSA) is 47.7 Å². The summed E-state index contributed by atoms with van der Waals surface area (Å²) in [6.45, 7) is 0. The molecule has 0 fully saturated rings. The van der Waals surface area contributed by atoms with Crippen LogP contribution >= 0.6 is 0 Å². The third-order valence-corrected chi connectivity index (χ3v) is 1.67. The molecule has 0 aliphatic heterocycles. The average molecular weight is 361 g/mol. The molecule has 0 heterocycles. The molecule has 0 spiro atoms. The minimum atomic E-state index is -0.129. The second kappa shape index (κ2) is 9.40. The van der Waals surface area contributed by atoms with Gasteiger partial charge in [-0.1, -0.05) is 36.2 Å². The first-order valence-corrected chi connectivity index (χ1v) is 4.57. The van der Waals surface area contributed by atoms with Crippen LogP contribution < -0.4 is 0 Å². The maximum atomic E-state index is 6.90. The third-order valence-electron chi connectivity index (χ3n) is 1.67. The second-order valence-electron chi connectivity index (χ2n) is 2.82. The van der Waals surface area contributed by atoms with Crippen LogP contribution in [0, 0.1) is 49.2 Å². The molecular weight excluding hydrogens is 349 g/mol. The summed E-state index contributed by atoms with van der Waals surface area (Å²) < 4.78 is 0. The van der Waals surface area contributed by atoms with Crippen molar-refractivity contribution in [1.82, 2.24) is 0 Å². The van der Waals surface area contributed by atoms with Gasteiger partial charge in [-0.15, -0.1) is 0 Å². The Kier molecular flexibility index (Phi) is 8.91. The van der Waals surface area contributed by atoms with E-state index in [1.54, 1.807) is 12.1 Å². The summed E-state index contributed by atoms with van der Waals surface area (Å²) >= 11 is 0. The van der Waals surface area contributed by atoms with Gasteiger partial charge in [0, 0.05) is 37.7 Å². The summed E-state index contributed by atoms with van der Waals surface area (Å²) in [5, 5.41) is 6.90. The molecule has 2 N–H and O–H groups in total. The number of rotatable bonds is 1. The number of hydrogen-bond acceptors (Lipinski definition) is 1. The van der Waals surface area contributed by atoms with Gasteiger partial charge < -0.3 is 11.1 Å². The van der Waals surface area contributed by atoms with Crippen LogP contribution in [0.4, 0.5) is 0 Å². The van der Waals surface area contributed by atoms with E-state index in [-0.39, 0.29) is 43.6 Å². The molecule has 0 saturated carbocycles. The van der Waals surface area contributed by atoms with E-state index in [0.29, 0.717) is 5.56 Å². The first-order valence-electron chi connectivity index (χ1n) is 4.57. The zero-order chi connectivity index (χ0) is 10.9. The van der Waals surface area contributed by atoms with Crippen molar-refractivity contribution >= 4 is 5.84 Å². The van der Waals surface area contributed by atoms with Gasteiger partial charge in [-0.2, -0.15) is 36.4 Å². The second-order valence-corrected chi connectivity index (χ2v) is 2.82. The smallest absolute Gasteiger partial charge is 0 e. The van der Waals surface area contributed by atoms with Gasteiger partial charge in [-0.3, -0.25) is 0 Å². The van der Waals surface area contributed by atoms with Crippen molar-refractivity contribution in [2.45, 2.75) is 0 Å². The van der Waals surface area contributed by atoms with Crippen molar-refractivity contribution < 1.29 is 37.7 Å². The fourth-order valence-electron chi connectivity index (χ4n) is 0.947. The van der Waals surface area contributed by atoms with Crippen LogP contribution in [0.1, 0.15) is 5.56 Å². The van der Waals surface area contributed by atoms with Crippen LogP contribution in [0.3, 0.4) is 0 Å². The zero-order valence-corrected chi connectivity index (χ0v) is 10.5. The monoisotopic (exact) mass is 361 g/mol. The Hall–Kier alpha value is -0.830. The van der Waals surface area contributed by atoms with Crippen LogP contribution in [0.2, 0.25) is 0 Å². The zero-order valence-electron chi connectivity index (χ0n) is 8.58. The summed E-state index contributed by atoms with van der Waals surface area (Å²) in [6.07, 6.45) is 0. The minimum Gasteiger partial charge on any atom is -0.482 e. The molecule has 0 bridgehead atoms. The van der Waals surface area contributed by atoms with E-state index < -0.39 is 0 Å². The predicted octanol–water partition coefficient (Wildman–Crippen LogP) is 3.55. The van der Waals surface area contributed by atoms with E-state index in [2.05, 4.69) is 6.07 Å². The summed E-state index contributed by atoms with van der Waals surface area (Å²) in [7, 11) is 0. The molecule has 0 saturated heterocycles. The molecular formula is C13H12HoN2-2. The fourth-order valence-corrected chi connectivity index (χ4v) is 0.947. The van der Waals surface area contributed by atoms with Gasteiger partial charge in [0.2, 0.25) is 0 Å². The standard InChI is InChI=1S/C7H7N2.C6H5.Ho/c8-7(9)6-4-2-1-3-5-6;1-2-4-6-5-3-1;/h1-5H,(H2-,8,9);1-5H;/q2*-1;. The average Bonchev–Trinajstić information content (AvgIpc) is 2.33. The van der Waals surface area contributed by atoms with Gasteiger partial charge >= 0.3 is 0 Å². The number of benzene rings is 2. The van der Waals surface area contributed by atoms with E-state index in [9.17, 15) is 0 Å². The van der Waals surface area contributed by atoms with Gasteiger partial charge in [0.25, 0.3) is 0 Å². The van der Waals surface area contributed by atoms with Crippen LogP contribution in [-0.2, 0) is 0 Å². The van der Waals surface area contributed by atoms with E-state index in [1.165, 1.54) is 0 Å². The van der Waals surface area contributed by atoms with Crippen molar-refractivity contribution in [3.8, 4) is 0 Å². The molecule has 1 radical (unpaired) electrons. The maximum absolute atomic E-state index is 6.90. The van der Waals surface area contributed by atoms with Crippen LogP contribution in [0.5, 0.6) is 0 Å². The van der Waals surface area contributed by atoms with Crippen molar-refractivity contribution in [3.63, 3.8) is 0 Å². The summed E-state index contributed by atoms with van der Waals surface area (Å²) in [5.41, 5.74) is 7.57. The van der Waals surface area contributed by atoms with Gasteiger partial charge in [0.1, 0.15) is 0 Å². The first kappa shape index (κ1) is 15.2. The maximum Gasteiger partial charge on any atom is 0 e. The normalized spacial score (nSPS) is 8.00. The van der Waals surface area contributed by atoms with Crippen molar-refractivity contribution in [2.75, 3.05) is 0 Å². The molecule has 87 valence electrons. The Morgan fingerprint density at radius 2 is 1.44 bits per heavy atom. The molecule has 2 rings (SSSR count). The van der Waals surface area contributed by atoms with Gasteiger partial charge in [0.15, 0.2) is 0 Å². The predicted molar refractivity (Wildman–Crippen MR) is 62.9 cm³/mol. The largest absolute Gasteiger partial charge is 0.482 e. The van der Waals surface area contributed by atoms with Crippen LogP contribution in [0.15, 0.2) is 60.7 Å². The van der Waals surface area contributed by atoms with Gasteiger partial charge in [-0.05, 0) is 5.56 Å². The van der Waals surface area contributed by atoms with Gasteiger partial charge in [-0.25, -0.2) is 0 Å². The van der Waals surface area contributed by atoms with E-state index in [1.807, 2.05) is 48.5 Å². The van der Waals surface area contributed by atoms with E-state index >= 15 is 0 Å². The molecule has 0 amide bonds. The molecule has 0 unspecified atom stereocenters. The molecule has 2 aromatic carbocycles. The molecule has 0 aliphatic rings. The van der Waals surface area contributed by atoms with Crippen molar-refractivity contribution in [1.29, 1.82) is 5.41 Å². The molecule has 3 heteroatoms. The Bertz CT molecular complexity index is 360. The Balaban J connectivity index is 0.000000283. The molecule has 0 atom stereocenters. The quantitative estimate of drug-likeness (QED) is 0.350. The van der Waals surface area contributed by atoms with E-state index in [0.717, 1.165) is 0 Å². The summed E-state index contributed by atoms with van der Waals surface area (Å²) in [6, 6.07) is 21.5. The SMILES string of the molecule is N=C([NH-])c1ccccc1.[Ho].[c-]1ccccc1. The third kappa shape index (κ3) is 6.62. The fraction of sp³-hybridized carbons (Fsp3) is 0. The summed E-state index contributed by atoms with van der Waals surface area (Å²) in [4.78, 5) is 0. The molecule has 2 aromatic rings.